The van der Waals surface area contributed by atoms with Crippen molar-refractivity contribution in [3.8, 4) is 11.5 Å². The molecule has 0 saturated carbocycles. The van der Waals surface area contributed by atoms with Crippen LogP contribution in [0, 0.1) is 0 Å². The summed E-state index contributed by atoms with van der Waals surface area (Å²) in [6, 6.07) is 5.86. The first-order valence-electron chi connectivity index (χ1n) is 6.70. The van der Waals surface area contributed by atoms with Gasteiger partial charge in [-0.15, -0.1) is 0 Å². The van der Waals surface area contributed by atoms with Gasteiger partial charge in [0.2, 0.25) is 5.91 Å². The van der Waals surface area contributed by atoms with E-state index in [1.807, 2.05) is 18.2 Å². The van der Waals surface area contributed by atoms with Crippen LogP contribution in [0.25, 0.3) is 5.57 Å². The number of ether oxygens (including phenoxy) is 2. The zero-order valence-electron chi connectivity index (χ0n) is 11.6. The molecule has 0 saturated heterocycles. The Hall–Kier alpha value is -2.01. The number of carbonyl (C=O) groups is 1. The van der Waals surface area contributed by atoms with Gasteiger partial charge >= 0.3 is 0 Å². The molecule has 1 aromatic rings. The van der Waals surface area contributed by atoms with E-state index >= 15 is 0 Å². The van der Waals surface area contributed by atoms with Gasteiger partial charge in [0.05, 0.1) is 20.1 Å². The molecule has 1 aliphatic heterocycles. The number of amides is 1. The molecule has 1 heterocycles. The Morgan fingerprint density at radius 3 is 2.90 bits per heavy atom. The highest BCUT2D eigenvalue weighted by molar-refractivity contribution is 5.73. The fraction of sp³-hybridized carbons (Fsp3) is 0.400. The molecule has 5 heteroatoms. The van der Waals surface area contributed by atoms with Crippen molar-refractivity contribution in [2.75, 3.05) is 26.8 Å². The van der Waals surface area contributed by atoms with Crippen LogP contribution in [0.1, 0.15) is 18.4 Å². The zero-order chi connectivity index (χ0) is 14.4. The largest absolute Gasteiger partial charge is 0.493 e. The van der Waals surface area contributed by atoms with Gasteiger partial charge in [0.25, 0.3) is 0 Å². The molecule has 0 bridgehead atoms. The summed E-state index contributed by atoms with van der Waals surface area (Å²) in [5.41, 5.74) is 7.54. The first-order valence-corrected chi connectivity index (χ1v) is 6.70. The zero-order valence-corrected chi connectivity index (χ0v) is 11.6. The average Bonchev–Trinajstić information content (AvgIpc) is 2.48. The Balaban J connectivity index is 2.11. The molecule has 2 rings (SSSR count). The molecular formula is C15H20N2O3. The van der Waals surface area contributed by atoms with Gasteiger partial charge in [-0.05, 0) is 36.2 Å². The number of carbonyl (C=O) groups excluding carboxylic acids is 1. The maximum atomic E-state index is 10.7. The quantitative estimate of drug-likeness (QED) is 0.822. The van der Waals surface area contributed by atoms with Crippen LogP contribution in [-0.2, 0) is 4.79 Å². The van der Waals surface area contributed by atoms with E-state index in [0.717, 1.165) is 25.1 Å². The van der Waals surface area contributed by atoms with Crippen LogP contribution in [-0.4, -0.2) is 32.7 Å². The van der Waals surface area contributed by atoms with E-state index in [9.17, 15) is 4.79 Å². The van der Waals surface area contributed by atoms with Crippen LogP contribution in [0.15, 0.2) is 24.3 Å². The topological polar surface area (TPSA) is 73.6 Å². The van der Waals surface area contributed by atoms with Crippen LogP contribution in [0.4, 0.5) is 0 Å². The van der Waals surface area contributed by atoms with E-state index in [1.54, 1.807) is 7.11 Å². The predicted octanol–water partition coefficient (Wildman–Crippen LogP) is 1.33. The molecule has 0 unspecified atom stereocenters. The lowest BCUT2D eigenvalue weighted by atomic mass is 10.00. The third-order valence-electron chi connectivity index (χ3n) is 3.20. The van der Waals surface area contributed by atoms with Gasteiger partial charge in [-0.1, -0.05) is 12.1 Å². The summed E-state index contributed by atoms with van der Waals surface area (Å²) < 4.78 is 10.9. The van der Waals surface area contributed by atoms with E-state index in [1.165, 1.54) is 5.57 Å². The van der Waals surface area contributed by atoms with Crippen molar-refractivity contribution >= 4 is 11.5 Å². The summed E-state index contributed by atoms with van der Waals surface area (Å²) >= 11 is 0. The third-order valence-corrected chi connectivity index (χ3v) is 3.20. The van der Waals surface area contributed by atoms with Crippen molar-refractivity contribution in [1.29, 1.82) is 0 Å². The van der Waals surface area contributed by atoms with E-state index in [2.05, 4.69) is 11.4 Å². The summed E-state index contributed by atoms with van der Waals surface area (Å²) in [5, 5.41) is 3.29. The third kappa shape index (κ3) is 3.74. The summed E-state index contributed by atoms with van der Waals surface area (Å²) in [6.45, 7) is 2.15. The minimum Gasteiger partial charge on any atom is -0.493 e. The second-order valence-corrected chi connectivity index (χ2v) is 4.61. The molecule has 0 fully saturated rings. The highest BCUT2D eigenvalue weighted by Crippen LogP contribution is 2.32. The van der Waals surface area contributed by atoms with Crippen LogP contribution in [0.5, 0.6) is 11.5 Å². The molecule has 0 aliphatic carbocycles. The number of methoxy groups -OCH3 is 1. The number of hydrogen-bond donors (Lipinski definition) is 2. The lowest BCUT2D eigenvalue weighted by molar-refractivity contribution is -0.118. The Labute approximate surface area is 118 Å². The van der Waals surface area contributed by atoms with Gasteiger partial charge < -0.3 is 20.5 Å². The molecule has 0 atom stereocenters. The smallest absolute Gasteiger partial charge is 0.220 e. The second kappa shape index (κ2) is 6.96. The summed E-state index contributed by atoms with van der Waals surface area (Å²) in [5.74, 6) is 0.930. The average molecular weight is 276 g/mol. The standard InChI is InChI=1S/C15H20N2O3/c1-19-14-10-12(11-4-7-17-8-5-11)2-3-13(14)20-9-6-15(16)18/h2-4,10,17H,5-9H2,1H3,(H2,16,18). The molecule has 5 nitrogen and oxygen atoms in total. The van der Waals surface area contributed by atoms with Gasteiger partial charge in [0.1, 0.15) is 0 Å². The van der Waals surface area contributed by atoms with E-state index in [4.69, 9.17) is 15.2 Å². The molecule has 1 aliphatic rings. The minimum absolute atomic E-state index is 0.196. The van der Waals surface area contributed by atoms with E-state index in [-0.39, 0.29) is 18.9 Å². The van der Waals surface area contributed by atoms with Crippen molar-refractivity contribution in [2.45, 2.75) is 12.8 Å². The monoisotopic (exact) mass is 276 g/mol. The van der Waals surface area contributed by atoms with Crippen LogP contribution in [0.3, 0.4) is 0 Å². The molecule has 1 amide bonds. The van der Waals surface area contributed by atoms with Crippen LogP contribution in [0.2, 0.25) is 0 Å². The van der Waals surface area contributed by atoms with Crippen molar-refractivity contribution in [3.05, 3.63) is 29.8 Å². The Bertz CT molecular complexity index is 512. The van der Waals surface area contributed by atoms with Crippen molar-refractivity contribution in [2.24, 2.45) is 5.73 Å². The molecule has 20 heavy (non-hydrogen) atoms. The van der Waals surface area contributed by atoms with E-state index in [0.29, 0.717) is 11.5 Å². The lowest BCUT2D eigenvalue weighted by Crippen LogP contribution is -2.20. The molecule has 3 N–H and O–H groups in total. The number of primary amides is 1. The number of hydrogen-bond acceptors (Lipinski definition) is 4. The van der Waals surface area contributed by atoms with E-state index < -0.39 is 0 Å². The predicted molar refractivity (Wildman–Crippen MR) is 77.8 cm³/mol. The van der Waals surface area contributed by atoms with Gasteiger partial charge in [0, 0.05) is 6.54 Å². The molecular weight excluding hydrogens is 256 g/mol. The lowest BCUT2D eigenvalue weighted by Gasteiger charge is -2.16. The van der Waals surface area contributed by atoms with Crippen molar-refractivity contribution in [1.82, 2.24) is 5.32 Å². The van der Waals surface area contributed by atoms with Crippen LogP contribution < -0.4 is 20.5 Å². The summed E-state index contributed by atoms with van der Waals surface area (Å²) in [7, 11) is 1.61. The number of nitrogens with two attached hydrogens (primary N) is 1. The van der Waals surface area contributed by atoms with Crippen molar-refractivity contribution < 1.29 is 14.3 Å². The molecule has 108 valence electrons. The first-order chi connectivity index (χ1) is 9.70. The normalized spacial score (nSPS) is 14.6. The maximum absolute atomic E-state index is 10.7. The Morgan fingerprint density at radius 2 is 2.25 bits per heavy atom. The minimum atomic E-state index is -0.375. The number of nitrogens with one attached hydrogen (secondary N) is 1. The summed E-state index contributed by atoms with van der Waals surface area (Å²) in [4.78, 5) is 10.7. The number of rotatable bonds is 6. The van der Waals surface area contributed by atoms with Crippen LogP contribution >= 0.6 is 0 Å². The fourth-order valence-electron chi connectivity index (χ4n) is 2.13. The molecule has 1 aromatic carbocycles. The van der Waals surface area contributed by atoms with Gasteiger partial charge in [-0.2, -0.15) is 0 Å². The maximum Gasteiger partial charge on any atom is 0.220 e. The molecule has 0 radical (unpaired) electrons. The van der Waals surface area contributed by atoms with Gasteiger partial charge in [0.15, 0.2) is 11.5 Å². The SMILES string of the molecule is COc1cc(C2=CCNCC2)ccc1OCCC(N)=O. The number of benzene rings is 1. The molecule has 0 spiro atoms. The molecule has 0 aromatic heterocycles. The van der Waals surface area contributed by atoms with Crippen molar-refractivity contribution in [3.63, 3.8) is 0 Å². The fourth-order valence-corrected chi connectivity index (χ4v) is 2.13. The van der Waals surface area contributed by atoms with Gasteiger partial charge in [-0.3, -0.25) is 4.79 Å². The first kappa shape index (κ1) is 14.4. The second-order valence-electron chi connectivity index (χ2n) is 4.61. The highest BCUT2D eigenvalue weighted by Gasteiger charge is 2.10. The Kier molecular flexibility index (Phi) is 5.01. The Morgan fingerprint density at radius 1 is 1.40 bits per heavy atom. The summed E-state index contributed by atoms with van der Waals surface area (Å²) in [6.07, 6.45) is 3.39. The van der Waals surface area contributed by atoms with Gasteiger partial charge in [-0.25, -0.2) is 0 Å². The highest BCUT2D eigenvalue weighted by atomic mass is 16.5.